The molecule has 2 N–H and O–H groups in total. The molecule has 4 aliphatic rings. The van der Waals surface area contributed by atoms with Gasteiger partial charge in [-0.15, -0.1) is 11.3 Å². The van der Waals surface area contributed by atoms with Crippen molar-refractivity contribution in [1.29, 1.82) is 0 Å². The molecule has 14 heteroatoms. The van der Waals surface area contributed by atoms with Crippen molar-refractivity contribution in [2.75, 3.05) is 60.5 Å². The number of piperidine rings is 1. The van der Waals surface area contributed by atoms with Crippen LogP contribution >= 0.6 is 11.3 Å². The topological polar surface area (TPSA) is 134 Å². The van der Waals surface area contributed by atoms with Gasteiger partial charge in [0.1, 0.15) is 12.1 Å². The average molecular weight is 881 g/mol. The Morgan fingerprint density at radius 1 is 1.11 bits per heavy atom. The molecule has 2 saturated heterocycles. The Bertz CT molecular complexity index is 2300. The molecule has 0 spiro atoms. The summed E-state index contributed by atoms with van der Waals surface area (Å²) in [6, 6.07) is 7.47. The van der Waals surface area contributed by atoms with Crippen LogP contribution in [0.4, 0.5) is 0 Å². The first-order chi connectivity index (χ1) is 30.2. The van der Waals surface area contributed by atoms with Crippen LogP contribution < -0.4 is 10.7 Å². The highest BCUT2D eigenvalue weighted by molar-refractivity contribution is 7.10. The summed E-state index contributed by atoms with van der Waals surface area (Å²) in [4.78, 5) is 56.8. The van der Waals surface area contributed by atoms with Crippen molar-refractivity contribution >= 4 is 40.0 Å². The zero-order chi connectivity index (χ0) is 44.7. The van der Waals surface area contributed by atoms with Gasteiger partial charge in [0.15, 0.2) is 0 Å². The summed E-state index contributed by atoms with van der Waals surface area (Å²) < 4.78 is 14.6. The lowest BCUT2D eigenvalue weighted by atomic mass is 9.83. The average Bonchev–Trinajstić information content (AvgIpc) is 3.54. The number of hydrogen-bond donors (Lipinski definition) is 2. The number of nitrogens with zero attached hydrogens (tertiary/aromatic N) is 6. The van der Waals surface area contributed by atoms with E-state index in [1.807, 2.05) is 0 Å². The van der Waals surface area contributed by atoms with E-state index in [9.17, 15) is 14.4 Å². The molecule has 3 fully saturated rings. The van der Waals surface area contributed by atoms with Crippen LogP contribution in [0, 0.1) is 23.2 Å². The molecule has 2 unspecified atom stereocenters. The molecule has 0 radical (unpaired) electrons. The maximum Gasteiger partial charge on any atom is 0.324 e. The maximum absolute atomic E-state index is 14.2. The van der Waals surface area contributed by atoms with Crippen molar-refractivity contribution < 1.29 is 23.9 Å². The SMILES string of the molecule is CCn1c(-c2cc(C3CCN(CCN(C)C)CC3)cnc2[C@H](C)OC)c2c3cc(ccc31)-c1csc(n1)CC(NC(=O)C1[C@@H](C)[C@H]1C)C(=O)N1CCC[C@H](N1)C(=O)OCC(C)(C)C2. The first-order valence-electron chi connectivity index (χ1n) is 23.2. The maximum atomic E-state index is 14.2. The number of aromatic nitrogens is 3. The summed E-state index contributed by atoms with van der Waals surface area (Å²) in [7, 11) is 6.02. The Kier molecular flexibility index (Phi) is 13.5. The lowest BCUT2D eigenvalue weighted by Gasteiger charge is -2.35. The van der Waals surface area contributed by atoms with E-state index in [4.69, 9.17) is 19.4 Å². The van der Waals surface area contributed by atoms with Crippen LogP contribution in [-0.4, -0.2) is 120 Å². The quantitative estimate of drug-likeness (QED) is 0.163. The van der Waals surface area contributed by atoms with Gasteiger partial charge in [0.2, 0.25) is 5.91 Å². The minimum Gasteiger partial charge on any atom is -0.464 e. The fraction of sp³-hybridized carbons (Fsp3) is 0.612. The smallest absolute Gasteiger partial charge is 0.324 e. The normalized spacial score (nSPS) is 25.2. The third kappa shape index (κ3) is 9.61. The molecule has 1 aromatic carbocycles. The standard InChI is InChI=1S/C49H68N8O5S/c1-10-56-41-14-13-33-22-35(41)37(45(56)36-23-34(26-50-44(36)31(4)61-9)32-15-18-55(19-16-32)21-20-54(7)8)25-49(5,6)28-62-48(60)38-12-11-17-57(53-38)47(59)39(24-42-51-40(33)27-63-42)52-46(58)43-29(2)30(43)3/h13-14,22-23,26-27,29-32,38-39,43,53H,10-12,15-21,24-25,28H2,1-9H3,(H,52,58)/t29-,30+,31-,38-,39?,43?/m0/s1. The number of methoxy groups -OCH3 is 1. The van der Waals surface area contributed by atoms with Gasteiger partial charge in [-0.25, -0.2) is 10.4 Å². The Labute approximate surface area is 377 Å². The van der Waals surface area contributed by atoms with Crippen molar-refractivity contribution in [2.24, 2.45) is 23.2 Å². The minimum absolute atomic E-state index is 0.110. The van der Waals surface area contributed by atoms with E-state index in [0.29, 0.717) is 31.7 Å². The van der Waals surface area contributed by atoms with E-state index in [2.05, 4.69) is 117 Å². The molecule has 6 bridgehead atoms. The summed E-state index contributed by atoms with van der Waals surface area (Å²) in [5, 5.41) is 8.54. The van der Waals surface area contributed by atoms with Gasteiger partial charge < -0.3 is 29.2 Å². The van der Waals surface area contributed by atoms with Crippen LogP contribution in [0.2, 0.25) is 0 Å². The zero-order valence-electron chi connectivity index (χ0n) is 38.8. The molecule has 2 amide bonds. The largest absolute Gasteiger partial charge is 0.464 e. The van der Waals surface area contributed by atoms with E-state index >= 15 is 0 Å². The highest BCUT2D eigenvalue weighted by atomic mass is 32.1. The Balaban J connectivity index is 1.22. The molecular weight excluding hydrogens is 813 g/mol. The van der Waals surface area contributed by atoms with Crippen LogP contribution in [0.1, 0.15) is 101 Å². The lowest BCUT2D eigenvalue weighted by Crippen LogP contribution is -2.60. The van der Waals surface area contributed by atoms with Gasteiger partial charge in [0, 0.05) is 84.6 Å². The number of benzene rings is 1. The van der Waals surface area contributed by atoms with Crippen LogP contribution in [0.25, 0.3) is 33.4 Å². The highest BCUT2D eigenvalue weighted by Crippen LogP contribution is 2.46. The molecule has 3 aromatic heterocycles. The molecule has 3 aliphatic heterocycles. The van der Waals surface area contributed by atoms with Crippen molar-refractivity contribution in [2.45, 2.75) is 111 Å². The number of thiazole rings is 1. The number of rotatable bonds is 10. The highest BCUT2D eigenvalue weighted by Gasteiger charge is 2.49. The van der Waals surface area contributed by atoms with Crippen molar-refractivity contribution in [3.05, 3.63) is 57.7 Å². The second-order valence-electron chi connectivity index (χ2n) is 19.7. The number of nitrogens with one attached hydrogen (secondary N) is 2. The number of ether oxygens (including phenoxy) is 2. The third-order valence-corrected chi connectivity index (χ3v) is 15.2. The second kappa shape index (κ2) is 18.7. The number of cyclic esters (lactones) is 1. The summed E-state index contributed by atoms with van der Waals surface area (Å²) >= 11 is 1.50. The summed E-state index contributed by atoms with van der Waals surface area (Å²) in [6.45, 7) is 18.3. The van der Waals surface area contributed by atoms with Gasteiger partial charge in [-0.2, -0.15) is 0 Å². The number of fused-ring (bicyclic) bond motifs is 6. The number of likely N-dealkylation sites (tertiary alicyclic amines) is 1. The molecule has 13 nitrogen and oxygen atoms in total. The van der Waals surface area contributed by atoms with Crippen LogP contribution in [0.15, 0.2) is 35.8 Å². The first-order valence-corrected chi connectivity index (χ1v) is 24.1. The predicted octanol–water partition coefficient (Wildman–Crippen LogP) is 6.85. The number of carbonyl (C=O) groups is 3. The molecule has 1 aliphatic carbocycles. The zero-order valence-corrected chi connectivity index (χ0v) is 39.6. The molecule has 1 saturated carbocycles. The van der Waals surface area contributed by atoms with Crippen LogP contribution in [0.5, 0.6) is 0 Å². The number of likely N-dealkylation sites (N-methyl/N-ethyl adjacent to an activating group) is 1. The van der Waals surface area contributed by atoms with Crippen molar-refractivity contribution in [3.8, 4) is 22.5 Å². The van der Waals surface area contributed by atoms with Crippen molar-refractivity contribution in [1.82, 2.24) is 40.1 Å². The Morgan fingerprint density at radius 2 is 1.87 bits per heavy atom. The van der Waals surface area contributed by atoms with Crippen LogP contribution in [0.3, 0.4) is 0 Å². The molecule has 4 aromatic rings. The molecule has 6 heterocycles. The van der Waals surface area contributed by atoms with Gasteiger partial charge in [0.25, 0.3) is 5.91 Å². The molecular formula is C49H68N8O5S. The predicted molar refractivity (Wildman–Crippen MR) is 248 cm³/mol. The van der Waals surface area contributed by atoms with Crippen molar-refractivity contribution in [3.63, 3.8) is 0 Å². The first kappa shape index (κ1) is 45.4. The summed E-state index contributed by atoms with van der Waals surface area (Å²) in [5.41, 5.74) is 11.2. The van der Waals surface area contributed by atoms with Gasteiger partial charge in [-0.3, -0.25) is 24.4 Å². The van der Waals surface area contributed by atoms with E-state index in [-0.39, 0.29) is 54.7 Å². The molecule has 63 heavy (non-hydrogen) atoms. The minimum atomic E-state index is -0.838. The van der Waals surface area contributed by atoms with E-state index in [1.54, 1.807) is 7.11 Å². The van der Waals surface area contributed by atoms with Gasteiger partial charge in [0.05, 0.1) is 34.8 Å². The third-order valence-electron chi connectivity index (χ3n) is 14.3. The molecule has 8 rings (SSSR count). The van der Waals surface area contributed by atoms with Crippen LogP contribution in [-0.2, 0) is 43.2 Å². The number of amides is 2. The number of esters is 1. The Morgan fingerprint density at radius 3 is 2.57 bits per heavy atom. The van der Waals surface area contributed by atoms with E-state index in [0.717, 1.165) is 89.7 Å². The second-order valence-corrected chi connectivity index (χ2v) is 20.6. The van der Waals surface area contributed by atoms with Gasteiger partial charge in [-0.1, -0.05) is 33.8 Å². The molecule has 340 valence electrons. The Hall–Kier alpha value is -4.21. The number of aryl methyl sites for hydroxylation is 1. The van der Waals surface area contributed by atoms with E-state index < -0.39 is 17.5 Å². The fourth-order valence-corrected chi connectivity index (χ4v) is 10.9. The monoisotopic (exact) mass is 881 g/mol. The summed E-state index contributed by atoms with van der Waals surface area (Å²) in [5.74, 6) is 0.0494. The van der Waals surface area contributed by atoms with Gasteiger partial charge in [-0.05, 0) is 120 Å². The fourth-order valence-electron chi connectivity index (χ4n) is 10.1. The number of pyridine rings is 1. The summed E-state index contributed by atoms with van der Waals surface area (Å²) in [6.07, 6.45) is 6.06. The van der Waals surface area contributed by atoms with E-state index in [1.165, 1.54) is 27.5 Å². The van der Waals surface area contributed by atoms with Gasteiger partial charge >= 0.3 is 5.97 Å². The lowest BCUT2D eigenvalue weighted by molar-refractivity contribution is -0.155. The number of hydrogen-bond acceptors (Lipinski definition) is 11. The number of carbonyl (C=O) groups excluding carboxylic acids is 3. The molecule has 6 atom stereocenters. The number of hydrazine groups is 1.